The highest BCUT2D eigenvalue weighted by atomic mass is 35.5. The summed E-state index contributed by atoms with van der Waals surface area (Å²) in [4.78, 5) is 15.0. The number of carboxylic acids is 1. The molecule has 19 heavy (non-hydrogen) atoms. The zero-order valence-electron chi connectivity index (χ0n) is 10.4. The Morgan fingerprint density at radius 1 is 1.53 bits per heavy atom. The van der Waals surface area contributed by atoms with Gasteiger partial charge in [-0.2, -0.15) is 0 Å². The van der Waals surface area contributed by atoms with Crippen LogP contribution < -0.4 is 5.32 Å². The molecule has 2 rings (SSSR count). The Labute approximate surface area is 115 Å². The summed E-state index contributed by atoms with van der Waals surface area (Å²) in [6.45, 7) is 0.678. The van der Waals surface area contributed by atoms with Gasteiger partial charge in [-0.05, 0) is 18.2 Å². The number of aromatic carboxylic acids is 1. The number of nitrogens with zero attached hydrogens (tertiary/aromatic N) is 2. The Morgan fingerprint density at radius 3 is 2.89 bits per heavy atom. The number of hydrogen-bond donors (Lipinski definition) is 2. The van der Waals surface area contributed by atoms with Gasteiger partial charge in [0, 0.05) is 32.4 Å². The van der Waals surface area contributed by atoms with Crippen molar-refractivity contribution in [1.82, 2.24) is 9.55 Å². The second kappa shape index (κ2) is 5.75. The van der Waals surface area contributed by atoms with Crippen LogP contribution in [-0.2, 0) is 13.5 Å². The average Bonchev–Trinajstić information content (AvgIpc) is 2.77. The number of rotatable bonds is 5. The van der Waals surface area contributed by atoms with Crippen molar-refractivity contribution in [2.45, 2.75) is 6.42 Å². The number of imidazole rings is 1. The molecule has 0 atom stereocenters. The van der Waals surface area contributed by atoms with Crippen LogP contribution in [0.15, 0.2) is 30.6 Å². The molecule has 0 radical (unpaired) electrons. The molecule has 2 N–H and O–H groups in total. The molecule has 0 aliphatic rings. The minimum Gasteiger partial charge on any atom is -0.478 e. The first-order chi connectivity index (χ1) is 9.08. The normalized spacial score (nSPS) is 10.4. The molecule has 0 saturated carbocycles. The van der Waals surface area contributed by atoms with Crippen LogP contribution in [0.5, 0.6) is 0 Å². The fraction of sp³-hybridized carbons (Fsp3) is 0.231. The van der Waals surface area contributed by atoms with Crippen LogP contribution in [0, 0.1) is 0 Å². The van der Waals surface area contributed by atoms with Crippen LogP contribution in [0.2, 0.25) is 5.02 Å². The van der Waals surface area contributed by atoms with E-state index in [-0.39, 0.29) is 5.56 Å². The van der Waals surface area contributed by atoms with Gasteiger partial charge < -0.3 is 15.0 Å². The molecule has 0 spiro atoms. The van der Waals surface area contributed by atoms with Gasteiger partial charge in [-0.1, -0.05) is 11.6 Å². The highest BCUT2D eigenvalue weighted by Crippen LogP contribution is 2.23. The molecule has 0 aliphatic heterocycles. The first-order valence-electron chi connectivity index (χ1n) is 5.81. The largest absolute Gasteiger partial charge is 0.478 e. The van der Waals surface area contributed by atoms with Crippen molar-refractivity contribution in [3.05, 3.63) is 47.0 Å². The molecule has 1 aromatic heterocycles. The molecule has 2 aromatic rings. The van der Waals surface area contributed by atoms with E-state index in [0.29, 0.717) is 11.6 Å². The van der Waals surface area contributed by atoms with Crippen molar-refractivity contribution in [2.75, 3.05) is 11.9 Å². The van der Waals surface area contributed by atoms with Crippen molar-refractivity contribution < 1.29 is 9.90 Å². The first-order valence-corrected chi connectivity index (χ1v) is 6.18. The molecule has 0 amide bonds. The summed E-state index contributed by atoms with van der Waals surface area (Å²) in [5.74, 6) is -0.00719. The number of carboxylic acid groups (broad SMARTS) is 1. The minimum atomic E-state index is -0.985. The van der Waals surface area contributed by atoms with Crippen LogP contribution in [0.1, 0.15) is 16.2 Å². The van der Waals surface area contributed by atoms with Crippen LogP contribution >= 0.6 is 11.6 Å². The third kappa shape index (κ3) is 3.26. The van der Waals surface area contributed by atoms with Crippen molar-refractivity contribution in [3.8, 4) is 0 Å². The Kier molecular flexibility index (Phi) is 4.06. The number of hydrogen-bond acceptors (Lipinski definition) is 3. The SMILES string of the molecule is Cn1ccnc1CCNc1ccc(C(=O)O)cc1Cl. The lowest BCUT2D eigenvalue weighted by molar-refractivity contribution is 0.0697. The van der Waals surface area contributed by atoms with Crippen molar-refractivity contribution in [1.29, 1.82) is 0 Å². The summed E-state index contributed by atoms with van der Waals surface area (Å²) in [7, 11) is 1.94. The summed E-state index contributed by atoms with van der Waals surface area (Å²) >= 11 is 6.02. The molecule has 100 valence electrons. The Morgan fingerprint density at radius 2 is 2.32 bits per heavy atom. The number of halogens is 1. The smallest absolute Gasteiger partial charge is 0.335 e. The van der Waals surface area contributed by atoms with E-state index in [1.807, 2.05) is 17.8 Å². The van der Waals surface area contributed by atoms with Gasteiger partial charge in [0.2, 0.25) is 0 Å². The van der Waals surface area contributed by atoms with Crippen LogP contribution in [0.3, 0.4) is 0 Å². The summed E-state index contributed by atoms with van der Waals surface area (Å²) < 4.78 is 1.96. The van der Waals surface area contributed by atoms with E-state index in [4.69, 9.17) is 16.7 Å². The zero-order chi connectivity index (χ0) is 13.8. The second-order valence-electron chi connectivity index (χ2n) is 4.13. The van der Waals surface area contributed by atoms with Gasteiger partial charge in [0.25, 0.3) is 0 Å². The molecule has 0 aliphatic carbocycles. The third-order valence-corrected chi connectivity index (χ3v) is 3.11. The molecule has 0 saturated heterocycles. The van der Waals surface area contributed by atoms with E-state index in [1.165, 1.54) is 12.1 Å². The van der Waals surface area contributed by atoms with Gasteiger partial charge in [-0.15, -0.1) is 0 Å². The highest BCUT2D eigenvalue weighted by Gasteiger charge is 2.07. The van der Waals surface area contributed by atoms with Gasteiger partial charge >= 0.3 is 5.97 Å². The monoisotopic (exact) mass is 279 g/mol. The van der Waals surface area contributed by atoms with E-state index >= 15 is 0 Å². The van der Waals surface area contributed by atoms with E-state index in [1.54, 1.807) is 12.3 Å². The van der Waals surface area contributed by atoms with E-state index in [9.17, 15) is 4.79 Å². The minimum absolute atomic E-state index is 0.180. The van der Waals surface area contributed by atoms with Crippen molar-refractivity contribution in [3.63, 3.8) is 0 Å². The number of anilines is 1. The fourth-order valence-electron chi connectivity index (χ4n) is 1.74. The second-order valence-corrected chi connectivity index (χ2v) is 4.54. The zero-order valence-corrected chi connectivity index (χ0v) is 11.2. The summed E-state index contributed by atoms with van der Waals surface area (Å²) in [6, 6.07) is 4.63. The molecular formula is C13H14ClN3O2. The molecule has 0 bridgehead atoms. The molecule has 1 aromatic carbocycles. The van der Waals surface area contributed by atoms with E-state index in [2.05, 4.69) is 10.3 Å². The predicted molar refractivity (Wildman–Crippen MR) is 73.8 cm³/mol. The van der Waals surface area contributed by atoms with Gasteiger partial charge in [0.05, 0.1) is 16.3 Å². The van der Waals surface area contributed by atoms with Crippen molar-refractivity contribution in [2.24, 2.45) is 7.05 Å². The standard InChI is InChI=1S/C13H14ClN3O2/c1-17-7-6-16-12(17)4-5-15-11-3-2-9(13(18)19)8-10(11)14/h2-3,6-8,15H,4-5H2,1H3,(H,18,19). The number of carbonyl (C=O) groups is 1. The number of aryl methyl sites for hydroxylation is 1. The Hall–Kier alpha value is -2.01. The van der Waals surface area contributed by atoms with Crippen LogP contribution in [0.4, 0.5) is 5.69 Å². The maximum absolute atomic E-state index is 10.8. The Balaban J connectivity index is 1.96. The lowest BCUT2D eigenvalue weighted by Crippen LogP contribution is -2.09. The van der Waals surface area contributed by atoms with Crippen LogP contribution in [-0.4, -0.2) is 27.2 Å². The third-order valence-electron chi connectivity index (χ3n) is 2.80. The molecule has 0 fully saturated rings. The van der Waals surface area contributed by atoms with Gasteiger partial charge in [0.15, 0.2) is 0 Å². The fourth-order valence-corrected chi connectivity index (χ4v) is 1.99. The predicted octanol–water partition coefficient (Wildman–Crippen LogP) is 2.43. The molecule has 1 heterocycles. The van der Waals surface area contributed by atoms with E-state index < -0.39 is 5.97 Å². The summed E-state index contributed by atoms with van der Waals surface area (Å²) in [5.41, 5.74) is 0.903. The van der Waals surface area contributed by atoms with E-state index in [0.717, 1.165) is 17.9 Å². The van der Waals surface area contributed by atoms with Crippen LogP contribution in [0.25, 0.3) is 0 Å². The lowest BCUT2D eigenvalue weighted by atomic mass is 10.2. The molecule has 6 heteroatoms. The molecular weight excluding hydrogens is 266 g/mol. The highest BCUT2D eigenvalue weighted by molar-refractivity contribution is 6.33. The molecule has 0 unspecified atom stereocenters. The number of nitrogens with one attached hydrogen (secondary N) is 1. The van der Waals surface area contributed by atoms with Gasteiger partial charge in [-0.25, -0.2) is 9.78 Å². The van der Waals surface area contributed by atoms with Crippen molar-refractivity contribution >= 4 is 23.3 Å². The van der Waals surface area contributed by atoms with Gasteiger partial charge in [-0.3, -0.25) is 0 Å². The molecule has 5 nitrogen and oxygen atoms in total. The summed E-state index contributed by atoms with van der Waals surface area (Å²) in [6.07, 6.45) is 4.41. The quantitative estimate of drug-likeness (QED) is 0.882. The summed E-state index contributed by atoms with van der Waals surface area (Å²) in [5, 5.41) is 12.4. The first kappa shape index (κ1) is 13.4. The topological polar surface area (TPSA) is 67.2 Å². The number of benzene rings is 1. The maximum Gasteiger partial charge on any atom is 0.335 e. The number of aromatic nitrogens is 2. The maximum atomic E-state index is 10.8. The average molecular weight is 280 g/mol. The lowest BCUT2D eigenvalue weighted by Gasteiger charge is -2.09. The van der Waals surface area contributed by atoms with Gasteiger partial charge in [0.1, 0.15) is 5.82 Å². The Bertz CT molecular complexity index is 595.